The number of azo groups is 1. The molecule has 3 heterocycles. The lowest BCUT2D eigenvalue weighted by Crippen LogP contribution is -2.09. The number of aromatic nitrogens is 1. The van der Waals surface area contributed by atoms with E-state index in [1.807, 2.05) is 0 Å². The quantitative estimate of drug-likeness (QED) is 0.409. The van der Waals surface area contributed by atoms with Crippen LogP contribution in [0.5, 0.6) is 5.88 Å². The Labute approximate surface area is 163 Å². The van der Waals surface area contributed by atoms with E-state index in [2.05, 4.69) is 10.2 Å². The van der Waals surface area contributed by atoms with Gasteiger partial charge in [-0.1, -0.05) is 36.4 Å². The summed E-state index contributed by atoms with van der Waals surface area (Å²) in [5.41, 5.74) is 1.74. The van der Waals surface area contributed by atoms with E-state index in [-0.39, 0.29) is 17.3 Å². The molecule has 0 saturated heterocycles. The summed E-state index contributed by atoms with van der Waals surface area (Å²) in [4.78, 5) is 24.3. The Kier molecular flexibility index (Phi) is 3.77. The second kappa shape index (κ2) is 6.45. The number of para-hydroxylation sites is 1. The molecule has 4 aromatic rings. The summed E-state index contributed by atoms with van der Waals surface area (Å²) in [7, 11) is 0. The van der Waals surface area contributed by atoms with Crippen LogP contribution in [0.2, 0.25) is 0 Å². The highest BCUT2D eigenvalue weighted by atomic mass is 16.6. The monoisotopic (exact) mass is 387 g/mol. The van der Waals surface area contributed by atoms with Gasteiger partial charge in [0.2, 0.25) is 12.1 Å². The lowest BCUT2D eigenvalue weighted by Gasteiger charge is -2.15. The molecule has 0 bridgehead atoms. The third kappa shape index (κ3) is 2.61. The first kappa shape index (κ1) is 16.9. The summed E-state index contributed by atoms with van der Waals surface area (Å²) in [6.45, 7) is 0. The molecule has 1 aliphatic rings. The van der Waals surface area contributed by atoms with Crippen LogP contribution in [0.15, 0.2) is 81.6 Å². The summed E-state index contributed by atoms with van der Waals surface area (Å²) in [5.74, 6) is -1.38. The summed E-state index contributed by atoms with van der Waals surface area (Å²) in [5, 5.41) is 19.1. The van der Waals surface area contributed by atoms with E-state index in [4.69, 9.17) is 9.15 Å². The summed E-state index contributed by atoms with van der Waals surface area (Å²) in [6.07, 6.45) is 0.506. The number of ether oxygens (including phenoxy) is 1. The number of furan rings is 1. The Hall–Kier alpha value is -4.20. The molecular weight excluding hydrogens is 374 g/mol. The molecule has 1 aliphatic heterocycles. The first-order chi connectivity index (χ1) is 14.1. The second-order valence-electron chi connectivity index (χ2n) is 6.39. The molecule has 8 nitrogen and oxygen atoms in total. The zero-order chi connectivity index (χ0) is 20.0. The number of benzene rings is 2. The van der Waals surface area contributed by atoms with E-state index in [1.165, 1.54) is 16.9 Å². The maximum atomic E-state index is 12.2. The average Bonchev–Trinajstić information content (AvgIpc) is 3.44. The van der Waals surface area contributed by atoms with Gasteiger partial charge in [0, 0.05) is 10.9 Å². The van der Waals surface area contributed by atoms with Crippen LogP contribution in [0.1, 0.15) is 32.7 Å². The van der Waals surface area contributed by atoms with Crippen molar-refractivity contribution < 1.29 is 23.8 Å². The SMILES string of the molecule is O=C(N=Nc1c(O)n([C@H]2OC(=O)c3ccccc32)c2ccccc12)c1ccco1. The minimum Gasteiger partial charge on any atom is -0.493 e. The van der Waals surface area contributed by atoms with Crippen molar-refractivity contribution in [2.75, 3.05) is 0 Å². The number of carbonyl (C=O) groups is 2. The molecule has 1 N–H and O–H groups in total. The molecule has 142 valence electrons. The van der Waals surface area contributed by atoms with Crippen LogP contribution in [-0.4, -0.2) is 21.6 Å². The lowest BCUT2D eigenvalue weighted by molar-refractivity contribution is 0.0318. The van der Waals surface area contributed by atoms with Crippen LogP contribution >= 0.6 is 0 Å². The summed E-state index contributed by atoms with van der Waals surface area (Å²) < 4.78 is 12.0. The largest absolute Gasteiger partial charge is 0.493 e. The molecule has 0 unspecified atom stereocenters. The number of aromatic hydroxyl groups is 1. The molecule has 0 saturated carbocycles. The highest BCUT2D eigenvalue weighted by molar-refractivity contribution is 5.98. The van der Waals surface area contributed by atoms with E-state index in [1.54, 1.807) is 54.6 Å². The molecule has 0 aliphatic carbocycles. The van der Waals surface area contributed by atoms with Gasteiger partial charge in [-0.3, -0.25) is 9.36 Å². The van der Waals surface area contributed by atoms with E-state index in [0.717, 1.165) is 0 Å². The van der Waals surface area contributed by atoms with Crippen molar-refractivity contribution >= 4 is 28.5 Å². The Bertz CT molecular complexity index is 1290. The fourth-order valence-corrected chi connectivity index (χ4v) is 3.43. The van der Waals surface area contributed by atoms with Gasteiger partial charge in [-0.05, 0) is 24.3 Å². The molecule has 1 atom stereocenters. The van der Waals surface area contributed by atoms with Gasteiger partial charge in [-0.15, -0.1) is 10.2 Å². The van der Waals surface area contributed by atoms with Gasteiger partial charge in [0.15, 0.2) is 11.4 Å². The molecule has 5 rings (SSSR count). The van der Waals surface area contributed by atoms with Crippen molar-refractivity contribution in [1.29, 1.82) is 0 Å². The summed E-state index contributed by atoms with van der Waals surface area (Å²) >= 11 is 0. The third-order valence-electron chi connectivity index (χ3n) is 4.73. The third-order valence-corrected chi connectivity index (χ3v) is 4.73. The first-order valence-electron chi connectivity index (χ1n) is 8.76. The number of hydrogen-bond acceptors (Lipinski definition) is 6. The van der Waals surface area contributed by atoms with Crippen LogP contribution in [0, 0.1) is 0 Å². The standard InChI is InChI=1S/C21H13N3O5/c25-18(16-10-5-11-28-16)23-22-17-14-8-3-4-9-15(14)24(19(17)26)20-12-6-1-2-7-13(12)21(27)29-20/h1-11,20,26H/t20-/m0/s1. The van der Waals surface area contributed by atoms with Crippen LogP contribution in [0.25, 0.3) is 10.9 Å². The molecule has 2 aromatic carbocycles. The Morgan fingerprint density at radius 1 is 1.03 bits per heavy atom. The number of cyclic esters (lactones) is 1. The Morgan fingerprint density at radius 3 is 2.66 bits per heavy atom. The van der Waals surface area contributed by atoms with Crippen molar-refractivity contribution in [3.63, 3.8) is 0 Å². The average molecular weight is 387 g/mol. The fourth-order valence-electron chi connectivity index (χ4n) is 3.43. The number of hydrogen-bond donors (Lipinski definition) is 1. The van der Waals surface area contributed by atoms with Gasteiger partial charge < -0.3 is 14.3 Å². The molecule has 0 radical (unpaired) electrons. The number of amides is 1. The van der Waals surface area contributed by atoms with Crippen molar-refractivity contribution in [2.45, 2.75) is 6.23 Å². The van der Waals surface area contributed by atoms with E-state index < -0.39 is 18.1 Å². The van der Waals surface area contributed by atoms with Gasteiger partial charge in [-0.25, -0.2) is 4.79 Å². The van der Waals surface area contributed by atoms with E-state index in [9.17, 15) is 14.7 Å². The predicted molar refractivity (Wildman–Crippen MR) is 101 cm³/mol. The van der Waals surface area contributed by atoms with E-state index in [0.29, 0.717) is 22.0 Å². The lowest BCUT2D eigenvalue weighted by atomic mass is 10.1. The highest BCUT2D eigenvalue weighted by Gasteiger charge is 2.35. The molecule has 29 heavy (non-hydrogen) atoms. The van der Waals surface area contributed by atoms with Crippen molar-refractivity contribution in [1.82, 2.24) is 4.57 Å². The van der Waals surface area contributed by atoms with Gasteiger partial charge in [0.1, 0.15) is 0 Å². The Morgan fingerprint density at radius 2 is 1.83 bits per heavy atom. The topological polar surface area (TPSA) is 106 Å². The van der Waals surface area contributed by atoms with Gasteiger partial charge in [0.25, 0.3) is 0 Å². The molecule has 8 heteroatoms. The second-order valence-corrected chi connectivity index (χ2v) is 6.39. The maximum absolute atomic E-state index is 12.2. The molecule has 1 amide bonds. The number of esters is 1. The van der Waals surface area contributed by atoms with Crippen LogP contribution in [0.3, 0.4) is 0 Å². The molecular formula is C21H13N3O5. The zero-order valence-electron chi connectivity index (χ0n) is 14.9. The van der Waals surface area contributed by atoms with Crippen LogP contribution in [-0.2, 0) is 4.74 Å². The van der Waals surface area contributed by atoms with Gasteiger partial charge >= 0.3 is 11.9 Å². The highest BCUT2D eigenvalue weighted by Crippen LogP contribution is 2.44. The number of nitrogens with zero attached hydrogens (tertiary/aromatic N) is 3. The predicted octanol–water partition coefficient (Wildman–Crippen LogP) is 4.58. The Balaban J connectivity index is 1.64. The normalized spacial score (nSPS) is 15.7. The van der Waals surface area contributed by atoms with Crippen LogP contribution < -0.4 is 0 Å². The van der Waals surface area contributed by atoms with Crippen molar-refractivity contribution in [2.24, 2.45) is 10.2 Å². The zero-order valence-corrected chi connectivity index (χ0v) is 14.9. The van der Waals surface area contributed by atoms with Crippen LogP contribution in [0.4, 0.5) is 5.69 Å². The van der Waals surface area contributed by atoms with E-state index >= 15 is 0 Å². The molecule has 2 aromatic heterocycles. The number of carbonyl (C=O) groups excluding carboxylic acids is 2. The fraction of sp³-hybridized carbons (Fsp3) is 0.0476. The molecule has 0 fully saturated rings. The maximum Gasteiger partial charge on any atom is 0.340 e. The smallest absolute Gasteiger partial charge is 0.340 e. The number of rotatable bonds is 3. The minimum absolute atomic E-state index is 0.0376. The first-order valence-corrected chi connectivity index (χ1v) is 8.76. The van der Waals surface area contributed by atoms with Gasteiger partial charge in [0.05, 0.1) is 17.3 Å². The van der Waals surface area contributed by atoms with Gasteiger partial charge in [-0.2, -0.15) is 0 Å². The van der Waals surface area contributed by atoms with Crippen molar-refractivity contribution in [3.05, 3.63) is 83.8 Å². The van der Waals surface area contributed by atoms with Crippen molar-refractivity contribution in [3.8, 4) is 5.88 Å². The number of fused-ring (bicyclic) bond motifs is 2. The minimum atomic E-state index is -0.853. The molecule has 0 spiro atoms. The summed E-state index contributed by atoms with van der Waals surface area (Å²) in [6, 6.07) is 17.1.